The van der Waals surface area contributed by atoms with Gasteiger partial charge in [0, 0.05) is 19.1 Å². The summed E-state index contributed by atoms with van der Waals surface area (Å²) in [5.41, 5.74) is 2.34. The number of nitrogens with one attached hydrogen (secondary N) is 1. The number of benzene rings is 1. The van der Waals surface area contributed by atoms with Crippen molar-refractivity contribution < 1.29 is 9.59 Å². The van der Waals surface area contributed by atoms with Gasteiger partial charge in [0.15, 0.2) is 0 Å². The van der Waals surface area contributed by atoms with Crippen LogP contribution in [0.2, 0.25) is 0 Å². The number of hydrogen-bond acceptors (Lipinski definition) is 3. The van der Waals surface area contributed by atoms with E-state index in [1.807, 2.05) is 18.7 Å². The molecular weight excluding hydrogens is 302 g/mol. The summed E-state index contributed by atoms with van der Waals surface area (Å²) in [4.78, 5) is 28.0. The summed E-state index contributed by atoms with van der Waals surface area (Å²) in [6, 6.07) is 8.36. The molecule has 0 atom stereocenters. The molecule has 0 heterocycles. The smallest absolute Gasteiger partial charge is 0.237 e. The zero-order chi connectivity index (χ0) is 18.1. The quantitative estimate of drug-likeness (QED) is 0.754. The lowest BCUT2D eigenvalue weighted by Crippen LogP contribution is -2.43. The maximum atomic E-state index is 12.6. The molecule has 1 aromatic rings. The highest BCUT2D eigenvalue weighted by molar-refractivity contribution is 5.81. The van der Waals surface area contributed by atoms with Gasteiger partial charge < -0.3 is 10.2 Å². The molecule has 0 aliphatic heterocycles. The van der Waals surface area contributed by atoms with Crippen LogP contribution in [0.5, 0.6) is 0 Å². The molecule has 0 saturated carbocycles. The number of aryl methyl sites for hydroxylation is 1. The molecule has 0 aliphatic rings. The largest absolute Gasteiger partial charge is 0.353 e. The zero-order valence-corrected chi connectivity index (χ0v) is 15.6. The molecule has 0 saturated heterocycles. The third-order valence-electron chi connectivity index (χ3n) is 3.61. The van der Waals surface area contributed by atoms with Crippen LogP contribution in [0.15, 0.2) is 24.3 Å². The van der Waals surface area contributed by atoms with Crippen LogP contribution in [-0.4, -0.2) is 54.3 Å². The number of rotatable bonds is 9. The van der Waals surface area contributed by atoms with E-state index in [-0.39, 0.29) is 30.9 Å². The first-order valence-electron chi connectivity index (χ1n) is 8.63. The second-order valence-electron chi connectivity index (χ2n) is 6.70. The number of likely N-dealkylation sites (N-methyl/N-ethyl adjacent to an activating group) is 1. The highest BCUT2D eigenvalue weighted by Crippen LogP contribution is 2.08. The van der Waals surface area contributed by atoms with Gasteiger partial charge in [0.1, 0.15) is 0 Å². The van der Waals surface area contributed by atoms with Gasteiger partial charge in [-0.1, -0.05) is 36.8 Å². The molecule has 0 bridgehead atoms. The fourth-order valence-electron chi connectivity index (χ4n) is 2.48. The molecule has 1 rings (SSSR count). The van der Waals surface area contributed by atoms with Gasteiger partial charge in [0.05, 0.1) is 13.1 Å². The van der Waals surface area contributed by atoms with E-state index in [0.717, 1.165) is 18.5 Å². The van der Waals surface area contributed by atoms with Gasteiger partial charge in [0.2, 0.25) is 11.8 Å². The third kappa shape index (κ3) is 7.59. The standard InChI is InChI=1S/C19H31N3O2/c1-6-11-22(12-17-9-7-16(4)8-10-17)19(24)14-21(5)13-18(23)20-15(2)3/h7-10,15H,6,11-14H2,1-5H3,(H,20,23). The van der Waals surface area contributed by atoms with E-state index in [1.54, 1.807) is 11.9 Å². The molecule has 0 aliphatic carbocycles. The first-order valence-corrected chi connectivity index (χ1v) is 8.63. The Morgan fingerprint density at radius 1 is 1.12 bits per heavy atom. The van der Waals surface area contributed by atoms with Crippen LogP contribution in [-0.2, 0) is 16.1 Å². The van der Waals surface area contributed by atoms with Gasteiger partial charge in [0.25, 0.3) is 0 Å². The summed E-state index contributed by atoms with van der Waals surface area (Å²) in [7, 11) is 1.80. The predicted molar refractivity (Wildman–Crippen MR) is 97.7 cm³/mol. The Morgan fingerprint density at radius 3 is 2.29 bits per heavy atom. The SMILES string of the molecule is CCCN(Cc1ccc(C)cc1)C(=O)CN(C)CC(=O)NC(C)C. The number of nitrogens with zero attached hydrogens (tertiary/aromatic N) is 2. The lowest BCUT2D eigenvalue weighted by molar-refractivity contribution is -0.133. The molecule has 1 aromatic carbocycles. The van der Waals surface area contributed by atoms with Gasteiger partial charge in [-0.3, -0.25) is 14.5 Å². The lowest BCUT2D eigenvalue weighted by Gasteiger charge is -2.25. The molecule has 0 unspecified atom stereocenters. The van der Waals surface area contributed by atoms with E-state index >= 15 is 0 Å². The van der Waals surface area contributed by atoms with E-state index in [0.29, 0.717) is 6.54 Å². The van der Waals surface area contributed by atoms with Crippen LogP contribution < -0.4 is 5.32 Å². The summed E-state index contributed by atoms with van der Waals surface area (Å²) < 4.78 is 0. The van der Waals surface area contributed by atoms with Crippen LogP contribution in [0.1, 0.15) is 38.3 Å². The van der Waals surface area contributed by atoms with Gasteiger partial charge in [-0.2, -0.15) is 0 Å². The number of carbonyl (C=O) groups excluding carboxylic acids is 2. The first-order chi connectivity index (χ1) is 11.3. The van der Waals surface area contributed by atoms with Gasteiger partial charge in [-0.05, 0) is 39.8 Å². The van der Waals surface area contributed by atoms with Crippen LogP contribution in [0.4, 0.5) is 0 Å². The second kappa shape index (κ2) is 10.1. The van der Waals surface area contributed by atoms with Gasteiger partial charge in [-0.25, -0.2) is 0 Å². The lowest BCUT2D eigenvalue weighted by atomic mass is 10.1. The maximum absolute atomic E-state index is 12.6. The van der Waals surface area contributed by atoms with Crippen molar-refractivity contribution in [3.05, 3.63) is 35.4 Å². The molecule has 5 heteroatoms. The Bertz CT molecular complexity index is 526. The Labute approximate surface area is 146 Å². The predicted octanol–water partition coefficient (Wildman–Crippen LogP) is 2.19. The molecule has 134 valence electrons. The van der Waals surface area contributed by atoms with E-state index in [1.165, 1.54) is 5.56 Å². The van der Waals surface area contributed by atoms with E-state index < -0.39 is 0 Å². The summed E-state index contributed by atoms with van der Waals surface area (Å²) in [5.74, 6) is -0.00171. The molecule has 2 amide bonds. The Hall–Kier alpha value is -1.88. The summed E-state index contributed by atoms with van der Waals surface area (Å²) >= 11 is 0. The number of amides is 2. The molecule has 1 N–H and O–H groups in total. The monoisotopic (exact) mass is 333 g/mol. The second-order valence-corrected chi connectivity index (χ2v) is 6.70. The van der Waals surface area contributed by atoms with Crippen molar-refractivity contribution >= 4 is 11.8 Å². The fraction of sp³-hybridized carbons (Fsp3) is 0.579. The minimum Gasteiger partial charge on any atom is -0.353 e. The molecular formula is C19H31N3O2. The fourth-order valence-corrected chi connectivity index (χ4v) is 2.48. The van der Waals surface area contributed by atoms with Crippen molar-refractivity contribution in [3.63, 3.8) is 0 Å². The Morgan fingerprint density at radius 2 is 1.75 bits per heavy atom. The van der Waals surface area contributed by atoms with Crippen molar-refractivity contribution in [2.24, 2.45) is 0 Å². The average molecular weight is 333 g/mol. The molecule has 24 heavy (non-hydrogen) atoms. The minimum absolute atomic E-state index is 0.0530. The van der Waals surface area contributed by atoms with Crippen LogP contribution in [0.3, 0.4) is 0 Å². The van der Waals surface area contributed by atoms with Gasteiger partial charge >= 0.3 is 0 Å². The number of hydrogen-bond donors (Lipinski definition) is 1. The van der Waals surface area contributed by atoms with Crippen LogP contribution >= 0.6 is 0 Å². The molecule has 0 spiro atoms. The Balaban J connectivity index is 2.59. The van der Waals surface area contributed by atoms with Crippen LogP contribution in [0.25, 0.3) is 0 Å². The molecule has 0 fully saturated rings. The third-order valence-corrected chi connectivity index (χ3v) is 3.61. The summed E-state index contributed by atoms with van der Waals surface area (Å²) in [6.07, 6.45) is 0.912. The van der Waals surface area contributed by atoms with Crippen molar-refractivity contribution in [3.8, 4) is 0 Å². The molecule has 0 radical (unpaired) electrons. The highest BCUT2D eigenvalue weighted by atomic mass is 16.2. The van der Waals surface area contributed by atoms with E-state index in [9.17, 15) is 9.59 Å². The number of carbonyl (C=O) groups is 2. The van der Waals surface area contributed by atoms with E-state index in [4.69, 9.17) is 0 Å². The zero-order valence-electron chi connectivity index (χ0n) is 15.6. The molecule has 5 nitrogen and oxygen atoms in total. The van der Waals surface area contributed by atoms with E-state index in [2.05, 4.69) is 43.4 Å². The summed E-state index contributed by atoms with van der Waals surface area (Å²) in [6.45, 7) is 9.77. The Kier molecular flexibility index (Phi) is 8.47. The maximum Gasteiger partial charge on any atom is 0.237 e. The van der Waals surface area contributed by atoms with Crippen molar-refractivity contribution in [1.82, 2.24) is 15.1 Å². The minimum atomic E-state index is -0.0547. The van der Waals surface area contributed by atoms with Crippen molar-refractivity contribution in [2.75, 3.05) is 26.7 Å². The van der Waals surface area contributed by atoms with Crippen LogP contribution in [0, 0.1) is 6.92 Å². The van der Waals surface area contributed by atoms with Crippen molar-refractivity contribution in [2.45, 2.75) is 46.7 Å². The summed E-state index contributed by atoms with van der Waals surface area (Å²) in [5, 5.41) is 2.84. The highest BCUT2D eigenvalue weighted by Gasteiger charge is 2.17. The van der Waals surface area contributed by atoms with Crippen molar-refractivity contribution in [1.29, 1.82) is 0 Å². The topological polar surface area (TPSA) is 52.7 Å². The van der Waals surface area contributed by atoms with Gasteiger partial charge in [-0.15, -0.1) is 0 Å². The first kappa shape index (κ1) is 20.2. The molecule has 0 aromatic heterocycles. The average Bonchev–Trinajstić information content (AvgIpc) is 2.47. The normalized spacial score (nSPS) is 11.0.